The second kappa shape index (κ2) is 16.1. The number of benzene rings is 8. The normalized spacial score (nSPS) is 11.5. The maximum Gasteiger partial charge on any atom is 0.164 e. The maximum absolute atomic E-state index is 6.35. The number of para-hydroxylation sites is 4. The van der Waals surface area contributed by atoms with Crippen LogP contribution in [0.4, 0.5) is 0 Å². The van der Waals surface area contributed by atoms with Gasteiger partial charge in [0.2, 0.25) is 0 Å². The first kappa shape index (κ1) is 38.8. The minimum atomic E-state index is 0.404. The topological polar surface area (TPSA) is 146 Å². The number of fused-ring (bicyclic) bond motifs is 20. The molecule has 68 heavy (non-hydrogen) atoms. The first-order valence-corrected chi connectivity index (χ1v) is 21.9. The summed E-state index contributed by atoms with van der Waals surface area (Å²) in [5.74, 6) is 7.99. The Balaban J connectivity index is 1.07. The minimum Gasteiger partial charge on any atom is -0.457 e. The van der Waals surface area contributed by atoms with E-state index in [1.54, 1.807) is 0 Å². The number of hydrogen-bond donors (Lipinski definition) is 2. The van der Waals surface area contributed by atoms with Crippen LogP contribution < -0.4 is 18.9 Å². The van der Waals surface area contributed by atoms with Gasteiger partial charge in [-0.3, -0.25) is 0 Å². The molecule has 2 N–H and O–H groups in total. The van der Waals surface area contributed by atoms with Gasteiger partial charge in [-0.05, 0) is 121 Å². The second-order valence-corrected chi connectivity index (χ2v) is 16.1. The molecule has 0 aliphatic carbocycles. The molecule has 0 radical (unpaired) electrons. The van der Waals surface area contributed by atoms with Crippen molar-refractivity contribution in [1.29, 1.82) is 0 Å². The molecule has 5 heterocycles. The Kier molecular flexibility index (Phi) is 9.17. The average molecular weight is 883 g/mol. The summed E-state index contributed by atoms with van der Waals surface area (Å²) in [7, 11) is 0. The molecule has 0 atom stereocenters. The van der Waals surface area contributed by atoms with Crippen molar-refractivity contribution in [3.8, 4) is 114 Å². The molecule has 13 rings (SSSR count). The fraction of sp³-hybridized carbons (Fsp3) is 0. The fourth-order valence-corrected chi connectivity index (χ4v) is 8.46. The van der Waals surface area contributed by atoms with Crippen LogP contribution in [-0.4, -0.2) is 39.9 Å². The van der Waals surface area contributed by atoms with E-state index in [0.29, 0.717) is 92.2 Å². The Labute approximate surface area is 387 Å². The number of nitrogens with one attached hydrogen (secondary N) is 2. The van der Waals surface area contributed by atoms with Crippen LogP contribution in [0.5, 0.6) is 46.0 Å². The molecule has 2 aromatic heterocycles. The van der Waals surface area contributed by atoms with Gasteiger partial charge < -0.3 is 28.9 Å². The number of rotatable bonds is 8. The third-order valence-electron chi connectivity index (χ3n) is 11.6. The fourth-order valence-electron chi connectivity index (χ4n) is 8.46. The lowest BCUT2D eigenvalue weighted by molar-refractivity contribution is 0.482. The van der Waals surface area contributed by atoms with Gasteiger partial charge in [0.05, 0.1) is 0 Å². The van der Waals surface area contributed by atoms with Crippen molar-refractivity contribution in [2.45, 2.75) is 0 Å². The molecule has 0 saturated heterocycles. The summed E-state index contributed by atoms with van der Waals surface area (Å²) in [6.07, 6.45) is 0. The molecule has 0 fully saturated rings. The molecule has 3 aliphatic rings. The van der Waals surface area contributed by atoms with Crippen LogP contribution in [0.3, 0.4) is 0 Å². The quantitative estimate of drug-likeness (QED) is 0.151. The third-order valence-corrected chi connectivity index (χ3v) is 11.6. The van der Waals surface area contributed by atoms with E-state index in [4.69, 9.17) is 48.9 Å². The second-order valence-electron chi connectivity index (χ2n) is 16.1. The molecule has 322 valence electrons. The monoisotopic (exact) mass is 882 g/mol. The lowest BCUT2D eigenvalue weighted by atomic mass is 10.1. The van der Waals surface area contributed by atoms with E-state index in [0.717, 1.165) is 44.2 Å². The van der Waals surface area contributed by atoms with E-state index >= 15 is 0 Å². The lowest BCUT2D eigenvalue weighted by Gasteiger charge is -2.08. The summed E-state index contributed by atoms with van der Waals surface area (Å²) < 4.78 is 25.3. The van der Waals surface area contributed by atoms with Gasteiger partial charge in [0.15, 0.2) is 29.1 Å². The summed E-state index contributed by atoms with van der Waals surface area (Å²) in [5.41, 5.74) is 5.71. The van der Waals surface area contributed by atoms with Crippen LogP contribution in [0.2, 0.25) is 0 Å². The smallest absolute Gasteiger partial charge is 0.164 e. The lowest BCUT2D eigenvalue weighted by Crippen LogP contribution is -1.88. The Morgan fingerprint density at radius 1 is 0.265 bits per heavy atom. The van der Waals surface area contributed by atoms with Gasteiger partial charge in [0.25, 0.3) is 0 Å². The number of ether oxygens (including phenoxy) is 4. The van der Waals surface area contributed by atoms with E-state index in [2.05, 4.69) is 9.97 Å². The third kappa shape index (κ3) is 7.24. The number of nitrogens with zero attached hydrogens (tertiary/aromatic N) is 6. The minimum absolute atomic E-state index is 0.404. The molecule has 12 heteroatoms. The predicted octanol–water partition coefficient (Wildman–Crippen LogP) is 13.9. The molecule has 0 amide bonds. The Morgan fingerprint density at radius 3 is 1.10 bits per heavy atom. The Hall–Kier alpha value is -9.68. The summed E-state index contributed by atoms with van der Waals surface area (Å²) in [5, 5.41) is 1.64. The summed E-state index contributed by atoms with van der Waals surface area (Å²) in [6.45, 7) is 0. The van der Waals surface area contributed by atoms with Crippen molar-refractivity contribution >= 4 is 22.1 Å². The Morgan fingerprint density at radius 2 is 0.632 bits per heavy atom. The molecule has 0 unspecified atom stereocenters. The highest BCUT2D eigenvalue weighted by Gasteiger charge is 2.27. The van der Waals surface area contributed by atoms with Gasteiger partial charge in [-0.15, -0.1) is 0 Å². The van der Waals surface area contributed by atoms with Crippen LogP contribution in [0.15, 0.2) is 194 Å². The van der Waals surface area contributed by atoms with Gasteiger partial charge in [0.1, 0.15) is 63.1 Å². The first-order valence-electron chi connectivity index (χ1n) is 21.9. The van der Waals surface area contributed by atoms with Gasteiger partial charge in [-0.1, -0.05) is 72.8 Å². The van der Waals surface area contributed by atoms with Crippen molar-refractivity contribution in [2.24, 2.45) is 0 Å². The zero-order valence-electron chi connectivity index (χ0n) is 35.8. The SMILES string of the molecule is c1ccc(Oc2ccc3c(c2)-c2nc4nc(nc5[nH]c([nH]c6nc(nc-3n2)-c2cc(Oc3ccccc3)ccc2-6)c2cc(Oc3ccccc3)ccc52)-c2cc(Oc3ccccc3)ccc2-4)cc1. The molecule has 0 spiro atoms. The summed E-state index contributed by atoms with van der Waals surface area (Å²) in [4.78, 5) is 38.3. The Bertz CT molecular complexity index is 3810. The van der Waals surface area contributed by atoms with E-state index in [9.17, 15) is 0 Å². The van der Waals surface area contributed by atoms with Crippen molar-refractivity contribution in [3.63, 3.8) is 0 Å². The highest BCUT2D eigenvalue weighted by molar-refractivity contribution is 6.05. The largest absolute Gasteiger partial charge is 0.457 e. The number of aromatic amines is 2. The van der Waals surface area contributed by atoms with Crippen molar-refractivity contribution in [3.05, 3.63) is 194 Å². The predicted molar refractivity (Wildman–Crippen MR) is 260 cm³/mol. The summed E-state index contributed by atoms with van der Waals surface area (Å²) >= 11 is 0. The van der Waals surface area contributed by atoms with Crippen LogP contribution in [-0.2, 0) is 0 Å². The van der Waals surface area contributed by atoms with Crippen LogP contribution in [0.25, 0.3) is 90.4 Å². The van der Waals surface area contributed by atoms with E-state index in [1.807, 2.05) is 194 Å². The molecule has 8 aromatic carbocycles. The maximum atomic E-state index is 6.35. The summed E-state index contributed by atoms with van der Waals surface area (Å²) in [6, 6.07) is 62.0. The molecule has 0 saturated carbocycles. The molecule has 12 nitrogen and oxygen atoms in total. The van der Waals surface area contributed by atoms with E-state index < -0.39 is 0 Å². The van der Waals surface area contributed by atoms with Gasteiger partial charge in [-0.2, -0.15) is 0 Å². The van der Waals surface area contributed by atoms with Crippen molar-refractivity contribution in [1.82, 2.24) is 39.9 Å². The highest BCUT2D eigenvalue weighted by atomic mass is 16.5. The zero-order valence-corrected chi connectivity index (χ0v) is 35.8. The van der Waals surface area contributed by atoms with Crippen LogP contribution in [0.1, 0.15) is 0 Å². The number of hydrogen-bond acceptors (Lipinski definition) is 10. The van der Waals surface area contributed by atoms with Gasteiger partial charge >= 0.3 is 0 Å². The molecular formula is C56H34N8O4. The van der Waals surface area contributed by atoms with Crippen molar-refractivity contribution < 1.29 is 18.9 Å². The number of H-pyrrole nitrogens is 2. The van der Waals surface area contributed by atoms with E-state index in [1.165, 1.54) is 0 Å². The first-order chi connectivity index (χ1) is 33.6. The van der Waals surface area contributed by atoms with Crippen LogP contribution in [0, 0.1) is 0 Å². The van der Waals surface area contributed by atoms with Crippen LogP contribution >= 0.6 is 0 Å². The zero-order chi connectivity index (χ0) is 45.0. The van der Waals surface area contributed by atoms with Gasteiger partial charge in [0, 0.05) is 44.2 Å². The van der Waals surface area contributed by atoms with Gasteiger partial charge in [-0.25, -0.2) is 29.9 Å². The molecule has 8 bridgehead atoms. The number of aromatic nitrogens is 8. The van der Waals surface area contributed by atoms with E-state index in [-0.39, 0.29) is 0 Å². The molecular weight excluding hydrogens is 849 g/mol. The highest BCUT2D eigenvalue weighted by Crippen LogP contribution is 2.43. The average Bonchev–Trinajstić information content (AvgIpc) is 4.10. The molecule has 3 aliphatic heterocycles. The van der Waals surface area contributed by atoms with Crippen molar-refractivity contribution in [2.75, 3.05) is 0 Å². The standard InChI is InChI=1S/C56H34N8O4/c1-5-13-33(14-6-1)65-37-21-25-41-45(29-37)53-57-49(41)62-54-47-31-39(67-35-17-9-3-10-18-35)23-27-43(47)51(59-54)64-56-48-32-40(68-36-19-11-4-12-20-36)24-28-44(48)52(60-56)63-55-46-30-38(66-34-15-7-2-8-16-34)22-26-42(46)50(58-55)61-53/h1-32H,(H2,57,58,59,60,61,62,63,64). The molecule has 10 aromatic rings.